The second-order valence-corrected chi connectivity index (χ2v) is 8.27. The number of benzene rings is 1. The molecule has 0 saturated heterocycles. The van der Waals surface area contributed by atoms with Crippen LogP contribution in [0, 0.1) is 5.92 Å². The summed E-state index contributed by atoms with van der Waals surface area (Å²) in [5, 5.41) is 0.607. The van der Waals surface area contributed by atoms with Gasteiger partial charge in [0, 0.05) is 37.1 Å². The topological polar surface area (TPSA) is 54.8 Å². The summed E-state index contributed by atoms with van der Waals surface area (Å²) in [6.07, 6.45) is 2.73. The number of carbonyl (C=O) groups is 2. The van der Waals surface area contributed by atoms with Crippen LogP contribution in [0.1, 0.15) is 32.9 Å². The molecular formula is C23H32ClN3O3. The maximum atomic E-state index is 13.1. The number of ether oxygens (including phenoxy) is 1. The number of halogens is 1. The highest BCUT2D eigenvalue weighted by Gasteiger charge is 2.22. The molecule has 0 aliphatic heterocycles. The van der Waals surface area contributed by atoms with Crippen molar-refractivity contribution in [3.05, 3.63) is 53.3 Å². The Hall–Kier alpha value is -2.47. The van der Waals surface area contributed by atoms with Gasteiger partial charge < -0.3 is 19.1 Å². The van der Waals surface area contributed by atoms with Crippen LogP contribution in [0.5, 0.6) is 5.75 Å². The SMILES string of the molecule is CCCN(CC(=O)N(Cc1cccn1C)CC(C)C)C(=O)COc1ccc(Cl)cc1. The summed E-state index contributed by atoms with van der Waals surface area (Å²) in [6.45, 7) is 7.76. The van der Waals surface area contributed by atoms with Crippen molar-refractivity contribution in [2.75, 3.05) is 26.2 Å². The summed E-state index contributed by atoms with van der Waals surface area (Å²) >= 11 is 5.87. The van der Waals surface area contributed by atoms with Crippen molar-refractivity contribution in [1.82, 2.24) is 14.4 Å². The standard InChI is InChI=1S/C23H32ClN3O3/c1-5-12-26(23(29)17-30-21-10-8-19(24)9-11-21)16-22(28)27(14-18(2)3)15-20-7-6-13-25(20)4/h6-11,13,18H,5,12,14-17H2,1-4H3. The number of nitrogens with zero attached hydrogens (tertiary/aromatic N) is 3. The predicted molar refractivity (Wildman–Crippen MR) is 119 cm³/mol. The lowest BCUT2D eigenvalue weighted by Gasteiger charge is -2.29. The minimum atomic E-state index is -0.205. The van der Waals surface area contributed by atoms with Crippen LogP contribution in [-0.4, -0.2) is 52.4 Å². The van der Waals surface area contributed by atoms with Crippen molar-refractivity contribution in [3.63, 3.8) is 0 Å². The van der Waals surface area contributed by atoms with Gasteiger partial charge in [0.1, 0.15) is 5.75 Å². The van der Waals surface area contributed by atoms with Crippen molar-refractivity contribution in [1.29, 1.82) is 0 Å². The van der Waals surface area contributed by atoms with E-state index < -0.39 is 0 Å². The Kier molecular flexibility index (Phi) is 9.24. The monoisotopic (exact) mass is 433 g/mol. The number of aromatic nitrogens is 1. The van der Waals surface area contributed by atoms with E-state index in [1.54, 1.807) is 29.2 Å². The molecule has 1 heterocycles. The van der Waals surface area contributed by atoms with E-state index in [2.05, 4.69) is 13.8 Å². The molecule has 1 aromatic carbocycles. The van der Waals surface area contributed by atoms with Crippen LogP contribution < -0.4 is 4.74 Å². The number of carbonyl (C=O) groups excluding carboxylic acids is 2. The van der Waals surface area contributed by atoms with Gasteiger partial charge >= 0.3 is 0 Å². The van der Waals surface area contributed by atoms with Gasteiger partial charge in [-0.2, -0.15) is 0 Å². The predicted octanol–water partition coefficient (Wildman–Crippen LogP) is 3.98. The van der Waals surface area contributed by atoms with Crippen molar-refractivity contribution in [3.8, 4) is 5.75 Å². The highest BCUT2D eigenvalue weighted by Crippen LogP contribution is 2.16. The zero-order chi connectivity index (χ0) is 22.1. The fourth-order valence-corrected chi connectivity index (χ4v) is 3.27. The molecule has 0 atom stereocenters. The van der Waals surface area contributed by atoms with Gasteiger partial charge in [-0.05, 0) is 48.7 Å². The highest BCUT2D eigenvalue weighted by molar-refractivity contribution is 6.30. The average molecular weight is 434 g/mol. The van der Waals surface area contributed by atoms with Gasteiger partial charge in [0.15, 0.2) is 6.61 Å². The Bertz CT molecular complexity index is 817. The number of aryl methyl sites for hydroxylation is 1. The van der Waals surface area contributed by atoms with E-state index in [1.165, 1.54) is 0 Å². The Labute approximate surface area is 184 Å². The van der Waals surface area contributed by atoms with E-state index in [1.807, 2.05) is 41.8 Å². The molecule has 0 aliphatic rings. The van der Waals surface area contributed by atoms with Gasteiger partial charge in [-0.3, -0.25) is 9.59 Å². The van der Waals surface area contributed by atoms with Crippen molar-refractivity contribution in [2.24, 2.45) is 13.0 Å². The molecule has 0 spiro atoms. The van der Waals surface area contributed by atoms with Crippen LogP contribution in [-0.2, 0) is 23.2 Å². The zero-order valence-electron chi connectivity index (χ0n) is 18.3. The summed E-state index contributed by atoms with van der Waals surface area (Å²) in [5.74, 6) is 0.639. The third-order valence-electron chi connectivity index (χ3n) is 4.69. The van der Waals surface area contributed by atoms with Crippen LogP contribution in [0.15, 0.2) is 42.6 Å². The number of hydrogen-bond acceptors (Lipinski definition) is 3. The molecule has 2 rings (SSSR count). The van der Waals surface area contributed by atoms with Gasteiger partial charge in [-0.1, -0.05) is 32.4 Å². The summed E-state index contributed by atoms with van der Waals surface area (Å²) in [4.78, 5) is 29.2. The minimum absolute atomic E-state index is 0.0494. The normalized spacial score (nSPS) is 10.9. The summed E-state index contributed by atoms with van der Waals surface area (Å²) in [6, 6.07) is 10.8. The first-order chi connectivity index (χ1) is 14.3. The third-order valence-corrected chi connectivity index (χ3v) is 4.94. The molecule has 0 aliphatic carbocycles. The first-order valence-corrected chi connectivity index (χ1v) is 10.7. The Morgan fingerprint density at radius 2 is 1.80 bits per heavy atom. The fraction of sp³-hybridized carbons (Fsp3) is 0.478. The molecule has 0 radical (unpaired) electrons. The highest BCUT2D eigenvalue weighted by atomic mass is 35.5. The largest absolute Gasteiger partial charge is 0.484 e. The smallest absolute Gasteiger partial charge is 0.260 e. The molecule has 0 fully saturated rings. The molecule has 30 heavy (non-hydrogen) atoms. The molecule has 7 heteroatoms. The quantitative estimate of drug-likeness (QED) is 0.538. The summed E-state index contributed by atoms with van der Waals surface area (Å²) in [7, 11) is 1.97. The second kappa shape index (κ2) is 11.6. The van der Waals surface area contributed by atoms with E-state index in [0.29, 0.717) is 36.3 Å². The first kappa shape index (κ1) is 23.8. The summed E-state index contributed by atoms with van der Waals surface area (Å²) < 4.78 is 7.59. The maximum Gasteiger partial charge on any atom is 0.260 e. The van der Waals surface area contributed by atoms with Gasteiger partial charge in [0.2, 0.25) is 5.91 Å². The van der Waals surface area contributed by atoms with Crippen LogP contribution in [0.25, 0.3) is 0 Å². The molecule has 164 valence electrons. The van der Waals surface area contributed by atoms with E-state index >= 15 is 0 Å². The molecule has 0 bridgehead atoms. The summed E-state index contributed by atoms with van der Waals surface area (Å²) in [5.41, 5.74) is 1.06. The second-order valence-electron chi connectivity index (χ2n) is 7.84. The van der Waals surface area contributed by atoms with E-state index in [9.17, 15) is 9.59 Å². The molecule has 0 saturated carbocycles. The van der Waals surface area contributed by atoms with Crippen LogP contribution in [0.3, 0.4) is 0 Å². The lowest BCUT2D eigenvalue weighted by atomic mass is 10.2. The van der Waals surface area contributed by atoms with Crippen LogP contribution in [0.4, 0.5) is 0 Å². The lowest BCUT2D eigenvalue weighted by molar-refractivity contribution is -0.142. The van der Waals surface area contributed by atoms with E-state index in [0.717, 1.165) is 12.1 Å². The van der Waals surface area contributed by atoms with E-state index in [-0.39, 0.29) is 25.0 Å². The molecule has 0 N–H and O–H groups in total. The zero-order valence-corrected chi connectivity index (χ0v) is 19.1. The van der Waals surface area contributed by atoms with Crippen molar-refractivity contribution >= 4 is 23.4 Å². The van der Waals surface area contributed by atoms with Crippen molar-refractivity contribution in [2.45, 2.75) is 33.7 Å². The lowest BCUT2D eigenvalue weighted by Crippen LogP contribution is -2.45. The maximum absolute atomic E-state index is 13.1. The Morgan fingerprint density at radius 3 is 2.37 bits per heavy atom. The molecule has 0 unspecified atom stereocenters. The molecule has 6 nitrogen and oxygen atoms in total. The van der Waals surface area contributed by atoms with Crippen LogP contribution >= 0.6 is 11.6 Å². The van der Waals surface area contributed by atoms with Gasteiger partial charge in [0.25, 0.3) is 5.91 Å². The Morgan fingerprint density at radius 1 is 1.10 bits per heavy atom. The molecule has 2 amide bonds. The number of rotatable bonds is 11. The molecular weight excluding hydrogens is 402 g/mol. The van der Waals surface area contributed by atoms with Gasteiger partial charge in [-0.25, -0.2) is 0 Å². The first-order valence-electron chi connectivity index (χ1n) is 10.3. The number of hydrogen-bond donors (Lipinski definition) is 0. The minimum Gasteiger partial charge on any atom is -0.484 e. The van der Waals surface area contributed by atoms with E-state index in [4.69, 9.17) is 16.3 Å². The average Bonchev–Trinajstić information content (AvgIpc) is 3.10. The van der Waals surface area contributed by atoms with Crippen LogP contribution in [0.2, 0.25) is 5.02 Å². The fourth-order valence-electron chi connectivity index (χ4n) is 3.14. The van der Waals surface area contributed by atoms with Gasteiger partial charge in [-0.15, -0.1) is 0 Å². The Balaban J connectivity index is 2.01. The molecule has 2 aromatic rings. The third kappa shape index (κ3) is 7.41. The van der Waals surface area contributed by atoms with Gasteiger partial charge in [0.05, 0.1) is 13.1 Å². The number of amides is 2. The van der Waals surface area contributed by atoms with Crippen molar-refractivity contribution < 1.29 is 14.3 Å². The molecule has 1 aromatic heterocycles.